The largest absolute Gasteiger partial charge is 0.493 e. The summed E-state index contributed by atoms with van der Waals surface area (Å²) in [4.78, 5) is 4.84. The Morgan fingerprint density at radius 2 is 1.77 bits per heavy atom. The molecule has 0 spiro atoms. The summed E-state index contributed by atoms with van der Waals surface area (Å²) in [6.45, 7) is 9.60. The molecule has 4 rings (SSSR count). The van der Waals surface area contributed by atoms with Crippen molar-refractivity contribution in [2.45, 2.75) is 40.2 Å². The van der Waals surface area contributed by atoms with Gasteiger partial charge in [-0.15, -0.1) is 0 Å². The number of unbranched alkanes of at least 4 members (excludes halogenated alkanes) is 1. The zero-order chi connectivity index (χ0) is 21.7. The molecule has 1 aliphatic rings. The highest BCUT2D eigenvalue weighted by atomic mass is 16.5. The molecule has 1 saturated heterocycles. The van der Waals surface area contributed by atoms with Crippen LogP contribution in [0.5, 0.6) is 17.2 Å². The summed E-state index contributed by atoms with van der Waals surface area (Å²) < 4.78 is 23.5. The third-order valence-corrected chi connectivity index (χ3v) is 5.59. The fourth-order valence-corrected chi connectivity index (χ4v) is 3.57. The normalized spacial score (nSPS) is 14.8. The number of nitrogens with zero attached hydrogens (tertiary/aromatic N) is 1. The first-order chi connectivity index (χ1) is 15.1. The van der Waals surface area contributed by atoms with Crippen LogP contribution in [0.4, 0.5) is 0 Å². The number of benzene rings is 2. The third kappa shape index (κ3) is 5.10. The number of aromatic nitrogens is 1. The first-order valence-corrected chi connectivity index (χ1v) is 11.0. The van der Waals surface area contributed by atoms with Crippen molar-refractivity contribution < 1.29 is 18.9 Å². The van der Waals surface area contributed by atoms with E-state index in [9.17, 15) is 0 Å². The highest BCUT2D eigenvalue weighted by molar-refractivity contribution is 5.86. The van der Waals surface area contributed by atoms with Gasteiger partial charge >= 0.3 is 0 Å². The molecule has 164 valence electrons. The fourth-order valence-electron chi connectivity index (χ4n) is 3.57. The van der Waals surface area contributed by atoms with Crippen LogP contribution >= 0.6 is 0 Å². The van der Waals surface area contributed by atoms with Gasteiger partial charge < -0.3 is 18.9 Å². The van der Waals surface area contributed by atoms with Crippen molar-refractivity contribution in [1.29, 1.82) is 0 Å². The lowest BCUT2D eigenvalue weighted by Crippen LogP contribution is -2.44. The number of hydrogen-bond acceptors (Lipinski definition) is 5. The van der Waals surface area contributed by atoms with Crippen molar-refractivity contribution in [1.82, 2.24) is 4.98 Å². The molecule has 2 aromatic carbocycles. The molecule has 0 amide bonds. The van der Waals surface area contributed by atoms with Gasteiger partial charge in [0.15, 0.2) is 0 Å². The van der Waals surface area contributed by atoms with Gasteiger partial charge in [-0.3, -0.25) is 0 Å². The van der Waals surface area contributed by atoms with Gasteiger partial charge in [0.05, 0.1) is 37.6 Å². The van der Waals surface area contributed by atoms with Crippen LogP contribution in [-0.4, -0.2) is 31.4 Å². The summed E-state index contributed by atoms with van der Waals surface area (Å²) >= 11 is 0. The molecule has 2 heterocycles. The molecule has 1 aromatic heterocycles. The van der Waals surface area contributed by atoms with Gasteiger partial charge in [-0.25, -0.2) is 4.98 Å². The topological polar surface area (TPSA) is 49.8 Å². The summed E-state index contributed by atoms with van der Waals surface area (Å²) in [5, 5.41) is 1.05. The van der Waals surface area contributed by atoms with Crippen molar-refractivity contribution in [3.8, 4) is 17.2 Å². The molecular formula is C26H31NO4. The Bertz CT molecular complexity index is 1030. The minimum Gasteiger partial charge on any atom is -0.493 e. The predicted molar refractivity (Wildman–Crippen MR) is 122 cm³/mol. The van der Waals surface area contributed by atoms with E-state index in [1.165, 1.54) is 0 Å². The lowest BCUT2D eigenvalue weighted by atomic mass is 9.90. The number of hydrogen-bond donors (Lipinski definition) is 0. The van der Waals surface area contributed by atoms with Crippen molar-refractivity contribution >= 4 is 10.9 Å². The molecule has 0 radical (unpaired) electrons. The molecule has 3 aromatic rings. The Hall–Kier alpha value is -2.79. The fraction of sp³-hybridized carbons (Fsp3) is 0.423. The zero-order valence-corrected chi connectivity index (χ0v) is 18.6. The Labute approximate surface area is 184 Å². The van der Waals surface area contributed by atoms with Crippen LogP contribution < -0.4 is 14.2 Å². The summed E-state index contributed by atoms with van der Waals surface area (Å²) in [5.41, 5.74) is 2.94. The number of rotatable bonds is 10. The van der Waals surface area contributed by atoms with Gasteiger partial charge in [0.25, 0.3) is 0 Å². The molecule has 1 fully saturated rings. The SMILES string of the molecule is CCCCOc1c(C)c(COc2cccc(OCC3(C)COC3)c2)nc2ccccc12. The van der Waals surface area contributed by atoms with Gasteiger partial charge in [0, 0.05) is 22.4 Å². The van der Waals surface area contributed by atoms with Crippen molar-refractivity contribution in [2.75, 3.05) is 26.4 Å². The number of fused-ring (bicyclic) bond motifs is 1. The van der Waals surface area contributed by atoms with Crippen LogP contribution in [0.25, 0.3) is 10.9 Å². The quantitative estimate of drug-likeness (QED) is 0.392. The van der Waals surface area contributed by atoms with E-state index in [0.29, 0.717) is 19.8 Å². The standard InChI is InChI=1S/C26H31NO4/c1-4-5-13-29-25-19(2)24(27-23-12-7-6-11-22(23)25)15-30-20-9-8-10-21(14-20)31-18-26(3)16-28-17-26/h6-12,14H,4-5,13,15-18H2,1-3H3. The smallest absolute Gasteiger partial charge is 0.133 e. The second-order valence-electron chi connectivity index (χ2n) is 8.59. The van der Waals surface area contributed by atoms with Crippen LogP contribution in [0.15, 0.2) is 48.5 Å². The number of ether oxygens (including phenoxy) is 4. The molecule has 0 aliphatic carbocycles. The molecule has 1 aliphatic heterocycles. The second kappa shape index (κ2) is 9.56. The lowest BCUT2D eigenvalue weighted by molar-refractivity contribution is -0.120. The highest BCUT2D eigenvalue weighted by Crippen LogP contribution is 2.32. The summed E-state index contributed by atoms with van der Waals surface area (Å²) in [6.07, 6.45) is 2.13. The summed E-state index contributed by atoms with van der Waals surface area (Å²) in [7, 11) is 0. The highest BCUT2D eigenvalue weighted by Gasteiger charge is 2.34. The van der Waals surface area contributed by atoms with E-state index >= 15 is 0 Å². The first kappa shape index (κ1) is 21.4. The van der Waals surface area contributed by atoms with E-state index in [-0.39, 0.29) is 5.41 Å². The van der Waals surface area contributed by atoms with Crippen LogP contribution in [0, 0.1) is 12.3 Å². The van der Waals surface area contributed by atoms with Crippen LogP contribution in [0.2, 0.25) is 0 Å². The van der Waals surface area contributed by atoms with E-state index in [0.717, 1.165) is 65.5 Å². The van der Waals surface area contributed by atoms with Crippen molar-refractivity contribution in [3.05, 3.63) is 59.8 Å². The average molecular weight is 422 g/mol. The Morgan fingerprint density at radius 1 is 1.00 bits per heavy atom. The number of para-hydroxylation sites is 1. The van der Waals surface area contributed by atoms with Crippen molar-refractivity contribution in [3.63, 3.8) is 0 Å². The van der Waals surface area contributed by atoms with Crippen LogP contribution in [-0.2, 0) is 11.3 Å². The van der Waals surface area contributed by atoms with Crippen LogP contribution in [0.1, 0.15) is 37.9 Å². The van der Waals surface area contributed by atoms with E-state index in [2.05, 4.69) is 26.8 Å². The molecule has 5 heteroatoms. The zero-order valence-electron chi connectivity index (χ0n) is 18.6. The van der Waals surface area contributed by atoms with Gasteiger partial charge in [0.2, 0.25) is 0 Å². The third-order valence-electron chi connectivity index (χ3n) is 5.59. The molecule has 0 saturated carbocycles. The lowest BCUT2D eigenvalue weighted by Gasteiger charge is -2.37. The van der Waals surface area contributed by atoms with E-state index in [4.69, 9.17) is 23.9 Å². The monoisotopic (exact) mass is 421 g/mol. The maximum absolute atomic E-state index is 6.16. The number of pyridine rings is 1. The molecule has 31 heavy (non-hydrogen) atoms. The van der Waals surface area contributed by atoms with Gasteiger partial charge in [-0.2, -0.15) is 0 Å². The molecule has 0 unspecified atom stereocenters. The summed E-state index contributed by atoms with van der Waals surface area (Å²) in [5.74, 6) is 2.47. The van der Waals surface area contributed by atoms with E-state index < -0.39 is 0 Å². The minimum atomic E-state index is 0.108. The average Bonchev–Trinajstić information content (AvgIpc) is 2.77. The van der Waals surface area contributed by atoms with Crippen LogP contribution in [0.3, 0.4) is 0 Å². The molecule has 0 bridgehead atoms. The summed E-state index contributed by atoms with van der Waals surface area (Å²) in [6, 6.07) is 15.9. The minimum absolute atomic E-state index is 0.108. The Balaban J connectivity index is 1.48. The molecule has 0 atom stereocenters. The van der Waals surface area contributed by atoms with E-state index in [1.54, 1.807) is 0 Å². The molecule has 5 nitrogen and oxygen atoms in total. The Morgan fingerprint density at radius 3 is 2.52 bits per heavy atom. The first-order valence-electron chi connectivity index (χ1n) is 11.0. The van der Waals surface area contributed by atoms with Gasteiger partial charge in [-0.1, -0.05) is 38.5 Å². The van der Waals surface area contributed by atoms with E-state index in [1.807, 2.05) is 42.5 Å². The second-order valence-corrected chi connectivity index (χ2v) is 8.59. The predicted octanol–water partition coefficient (Wildman–Crippen LogP) is 5.72. The van der Waals surface area contributed by atoms with Crippen molar-refractivity contribution in [2.24, 2.45) is 5.41 Å². The Kier molecular flexibility index (Phi) is 6.62. The molecule has 0 N–H and O–H groups in total. The maximum atomic E-state index is 6.16. The van der Waals surface area contributed by atoms with Gasteiger partial charge in [-0.05, 0) is 37.6 Å². The molecular weight excluding hydrogens is 390 g/mol. The van der Waals surface area contributed by atoms with Gasteiger partial charge in [0.1, 0.15) is 23.9 Å². The maximum Gasteiger partial charge on any atom is 0.133 e.